The zero-order valence-electron chi connectivity index (χ0n) is 7.63. The molecule has 3 heteroatoms. The van der Waals surface area contributed by atoms with Crippen LogP contribution in [0.15, 0.2) is 23.0 Å². The minimum atomic E-state index is -0.296. The molecule has 0 N–H and O–H groups in total. The molecule has 72 valence electrons. The molecule has 0 fully saturated rings. The van der Waals surface area contributed by atoms with E-state index in [1.807, 2.05) is 0 Å². The molecular formula is C10H13ClO2. The van der Waals surface area contributed by atoms with Crippen LogP contribution in [-0.2, 0) is 4.79 Å². The molecule has 13 heavy (non-hydrogen) atoms. The van der Waals surface area contributed by atoms with Gasteiger partial charge in [-0.25, -0.2) is 0 Å². The lowest BCUT2D eigenvalue weighted by Gasteiger charge is -2.08. The molecule has 0 spiro atoms. The van der Waals surface area contributed by atoms with Gasteiger partial charge in [-0.2, -0.15) is 0 Å². The van der Waals surface area contributed by atoms with Crippen molar-refractivity contribution in [2.45, 2.75) is 32.1 Å². The molecule has 0 saturated carbocycles. The molecule has 0 saturated heterocycles. The first-order chi connectivity index (χ1) is 6.25. The van der Waals surface area contributed by atoms with E-state index in [1.54, 1.807) is 18.6 Å². The van der Waals surface area contributed by atoms with Gasteiger partial charge in [0.15, 0.2) is 0 Å². The summed E-state index contributed by atoms with van der Waals surface area (Å²) in [5.41, 5.74) is 0.883. The fraction of sp³-hybridized carbons (Fsp3) is 0.500. The second-order valence-corrected chi connectivity index (χ2v) is 3.43. The number of furan rings is 1. The van der Waals surface area contributed by atoms with E-state index in [0.717, 1.165) is 24.8 Å². The normalized spacial score (nSPS) is 12.8. The van der Waals surface area contributed by atoms with Crippen molar-refractivity contribution >= 4 is 16.8 Å². The predicted molar refractivity (Wildman–Crippen MR) is 51.8 cm³/mol. The number of unbranched alkanes of at least 4 members (excludes halogenated alkanes) is 1. The summed E-state index contributed by atoms with van der Waals surface area (Å²) in [6.07, 6.45) is 6.03. The molecule has 1 aromatic heterocycles. The van der Waals surface area contributed by atoms with Crippen LogP contribution in [0.1, 0.15) is 37.7 Å². The Morgan fingerprint density at radius 1 is 1.69 bits per heavy atom. The Bertz CT molecular complexity index is 254. The minimum Gasteiger partial charge on any atom is -0.472 e. The van der Waals surface area contributed by atoms with Crippen molar-refractivity contribution in [1.29, 1.82) is 0 Å². The lowest BCUT2D eigenvalue weighted by molar-refractivity contribution is -0.113. The number of hydrogen-bond acceptors (Lipinski definition) is 2. The van der Waals surface area contributed by atoms with Crippen LogP contribution in [-0.4, -0.2) is 5.24 Å². The quantitative estimate of drug-likeness (QED) is 0.683. The maximum absolute atomic E-state index is 11.1. The Balaban J connectivity index is 2.63. The van der Waals surface area contributed by atoms with E-state index in [2.05, 4.69) is 6.92 Å². The highest BCUT2D eigenvalue weighted by atomic mass is 35.5. The molecule has 1 unspecified atom stereocenters. The highest BCUT2D eigenvalue weighted by Gasteiger charge is 2.18. The molecule has 0 aromatic carbocycles. The number of carbonyl (C=O) groups excluding carboxylic acids is 1. The largest absolute Gasteiger partial charge is 0.472 e. The van der Waals surface area contributed by atoms with E-state index in [4.69, 9.17) is 16.0 Å². The third-order valence-corrected chi connectivity index (χ3v) is 2.33. The standard InChI is InChI=1S/C10H13ClO2/c1-2-3-4-9(10(11)12)8-5-6-13-7-8/h5-7,9H,2-4H2,1H3. The molecule has 1 atom stereocenters. The van der Waals surface area contributed by atoms with Crippen molar-refractivity contribution in [1.82, 2.24) is 0 Å². The van der Waals surface area contributed by atoms with E-state index >= 15 is 0 Å². The average molecular weight is 201 g/mol. The minimum absolute atomic E-state index is 0.194. The van der Waals surface area contributed by atoms with Crippen LogP contribution in [0.25, 0.3) is 0 Å². The first kappa shape index (κ1) is 10.3. The summed E-state index contributed by atoms with van der Waals surface area (Å²) in [5, 5.41) is -0.296. The summed E-state index contributed by atoms with van der Waals surface area (Å²) in [6, 6.07) is 1.79. The second-order valence-electron chi connectivity index (χ2n) is 3.06. The number of rotatable bonds is 5. The van der Waals surface area contributed by atoms with Crippen LogP contribution in [0.3, 0.4) is 0 Å². The first-order valence-electron chi connectivity index (χ1n) is 4.47. The van der Waals surface area contributed by atoms with Crippen molar-refractivity contribution in [3.05, 3.63) is 24.2 Å². The predicted octanol–water partition coefficient (Wildman–Crippen LogP) is 3.32. The SMILES string of the molecule is CCCCC(C(=O)Cl)c1ccoc1. The van der Waals surface area contributed by atoms with Gasteiger partial charge in [-0.05, 0) is 24.1 Å². The molecule has 1 rings (SSSR count). The van der Waals surface area contributed by atoms with Crippen LogP contribution in [0, 0.1) is 0 Å². The van der Waals surface area contributed by atoms with Gasteiger partial charge in [0.05, 0.1) is 18.4 Å². The molecule has 0 amide bonds. The Labute approximate surface area is 82.9 Å². The maximum Gasteiger partial charge on any atom is 0.229 e. The zero-order valence-corrected chi connectivity index (χ0v) is 8.38. The lowest BCUT2D eigenvalue weighted by Crippen LogP contribution is -2.05. The first-order valence-corrected chi connectivity index (χ1v) is 4.85. The van der Waals surface area contributed by atoms with Gasteiger partial charge in [-0.1, -0.05) is 19.8 Å². The summed E-state index contributed by atoms with van der Waals surface area (Å²) in [4.78, 5) is 11.1. The van der Waals surface area contributed by atoms with Crippen molar-refractivity contribution in [3.63, 3.8) is 0 Å². The topological polar surface area (TPSA) is 30.2 Å². The van der Waals surface area contributed by atoms with Crippen LogP contribution in [0.5, 0.6) is 0 Å². The summed E-state index contributed by atoms with van der Waals surface area (Å²) < 4.78 is 4.91. The van der Waals surface area contributed by atoms with Crippen molar-refractivity contribution in [3.8, 4) is 0 Å². The monoisotopic (exact) mass is 200 g/mol. The molecule has 1 aromatic rings. The number of halogens is 1. The van der Waals surface area contributed by atoms with Gasteiger partial charge in [0.25, 0.3) is 0 Å². The molecule has 0 radical (unpaired) electrons. The highest BCUT2D eigenvalue weighted by molar-refractivity contribution is 6.64. The van der Waals surface area contributed by atoms with Gasteiger partial charge in [0.2, 0.25) is 5.24 Å². The van der Waals surface area contributed by atoms with Gasteiger partial charge in [0, 0.05) is 5.56 Å². The Morgan fingerprint density at radius 3 is 2.92 bits per heavy atom. The van der Waals surface area contributed by atoms with E-state index in [-0.39, 0.29) is 11.2 Å². The number of carbonyl (C=O) groups is 1. The van der Waals surface area contributed by atoms with Gasteiger partial charge in [-0.3, -0.25) is 4.79 Å². The third kappa shape index (κ3) is 2.88. The van der Waals surface area contributed by atoms with E-state index in [1.165, 1.54) is 0 Å². The summed E-state index contributed by atoms with van der Waals surface area (Å²) >= 11 is 5.49. The van der Waals surface area contributed by atoms with Crippen molar-refractivity contribution in [2.75, 3.05) is 0 Å². The van der Waals surface area contributed by atoms with Crippen LogP contribution >= 0.6 is 11.6 Å². The van der Waals surface area contributed by atoms with Gasteiger partial charge >= 0.3 is 0 Å². The lowest BCUT2D eigenvalue weighted by atomic mass is 9.97. The summed E-state index contributed by atoms with van der Waals surface area (Å²) in [5.74, 6) is -0.194. The third-order valence-electron chi connectivity index (χ3n) is 2.07. The maximum atomic E-state index is 11.1. The fourth-order valence-corrected chi connectivity index (χ4v) is 1.53. The average Bonchev–Trinajstić information content (AvgIpc) is 2.57. The van der Waals surface area contributed by atoms with E-state index in [0.29, 0.717) is 0 Å². The smallest absolute Gasteiger partial charge is 0.229 e. The Hall–Kier alpha value is -0.760. The molecule has 0 aliphatic rings. The fourth-order valence-electron chi connectivity index (χ4n) is 1.29. The Kier molecular flexibility index (Phi) is 4.03. The Morgan fingerprint density at radius 2 is 2.46 bits per heavy atom. The molecule has 0 bridgehead atoms. The van der Waals surface area contributed by atoms with E-state index < -0.39 is 0 Å². The van der Waals surface area contributed by atoms with Crippen LogP contribution in [0.4, 0.5) is 0 Å². The number of hydrogen-bond donors (Lipinski definition) is 0. The molecule has 0 aliphatic carbocycles. The van der Waals surface area contributed by atoms with Crippen molar-refractivity contribution < 1.29 is 9.21 Å². The van der Waals surface area contributed by atoms with Crippen LogP contribution in [0.2, 0.25) is 0 Å². The summed E-state index contributed by atoms with van der Waals surface area (Å²) in [6.45, 7) is 2.09. The summed E-state index contributed by atoms with van der Waals surface area (Å²) in [7, 11) is 0. The molecule has 2 nitrogen and oxygen atoms in total. The van der Waals surface area contributed by atoms with Crippen molar-refractivity contribution in [2.24, 2.45) is 0 Å². The van der Waals surface area contributed by atoms with Gasteiger partial charge in [0.1, 0.15) is 0 Å². The highest BCUT2D eigenvalue weighted by Crippen LogP contribution is 2.24. The zero-order chi connectivity index (χ0) is 9.68. The molecular weight excluding hydrogens is 188 g/mol. The van der Waals surface area contributed by atoms with Gasteiger partial charge < -0.3 is 4.42 Å². The van der Waals surface area contributed by atoms with Gasteiger partial charge in [-0.15, -0.1) is 0 Å². The van der Waals surface area contributed by atoms with E-state index in [9.17, 15) is 4.79 Å². The molecule has 1 heterocycles. The van der Waals surface area contributed by atoms with Crippen LogP contribution < -0.4 is 0 Å². The second kappa shape index (κ2) is 5.07. The molecule has 0 aliphatic heterocycles.